The number of nitro benzene ring substituents is 1. The van der Waals surface area contributed by atoms with Gasteiger partial charge in [-0.15, -0.1) is 0 Å². The maximum Gasteiger partial charge on any atom is 0.275 e. The van der Waals surface area contributed by atoms with Gasteiger partial charge in [0, 0.05) is 17.2 Å². The summed E-state index contributed by atoms with van der Waals surface area (Å²) in [7, 11) is 0. The smallest absolute Gasteiger partial charge is 0.273 e. The monoisotopic (exact) mass is 252 g/mol. The molecule has 0 aliphatic heterocycles. The Morgan fingerprint density at radius 3 is 2.83 bits per heavy atom. The molecule has 6 nitrogen and oxygen atoms in total. The normalized spacial score (nSPS) is 10.1. The molecule has 0 radical (unpaired) electrons. The van der Waals surface area contributed by atoms with Crippen molar-refractivity contribution in [2.45, 2.75) is 26.7 Å². The highest BCUT2D eigenvalue weighted by molar-refractivity contribution is 5.94. The largest absolute Gasteiger partial charge is 0.275 e. The number of unbranched alkanes of at least 4 members (excludes halogenated alkanes) is 1. The number of nitro groups is 1. The number of hydrogen-bond donors (Lipinski definition) is 1. The molecule has 0 aromatic heterocycles. The van der Waals surface area contributed by atoms with E-state index in [1.807, 2.05) is 6.92 Å². The van der Waals surface area contributed by atoms with Crippen LogP contribution in [0.1, 0.15) is 35.7 Å². The van der Waals surface area contributed by atoms with Crippen LogP contribution in [0, 0.1) is 17.0 Å². The average molecular weight is 252 g/mol. The number of carbonyl (C=O) groups is 1. The molecule has 0 aliphatic carbocycles. The van der Waals surface area contributed by atoms with Crippen LogP contribution < -0.4 is 5.48 Å². The van der Waals surface area contributed by atoms with Crippen LogP contribution in [0.2, 0.25) is 0 Å². The average Bonchev–Trinajstić information content (AvgIpc) is 2.34. The third-order valence-electron chi connectivity index (χ3n) is 2.43. The quantitative estimate of drug-likeness (QED) is 0.478. The molecule has 6 heteroatoms. The summed E-state index contributed by atoms with van der Waals surface area (Å²) in [6.45, 7) is 4.06. The Kier molecular flexibility index (Phi) is 5.26. The lowest BCUT2D eigenvalue weighted by molar-refractivity contribution is -0.385. The minimum absolute atomic E-state index is 0.0730. The van der Waals surface area contributed by atoms with E-state index in [9.17, 15) is 14.9 Å². The molecular weight excluding hydrogens is 236 g/mol. The SMILES string of the molecule is CCCCONC(=O)c1ccc(C)c([N+](=O)[O-])c1. The van der Waals surface area contributed by atoms with Gasteiger partial charge in [0.05, 0.1) is 11.5 Å². The minimum atomic E-state index is -0.510. The summed E-state index contributed by atoms with van der Waals surface area (Å²) in [6, 6.07) is 4.31. The predicted octanol–water partition coefficient (Wildman–Crippen LogP) is 2.36. The number of hydrogen-bond acceptors (Lipinski definition) is 4. The van der Waals surface area contributed by atoms with Gasteiger partial charge in [-0.2, -0.15) is 0 Å². The van der Waals surface area contributed by atoms with E-state index >= 15 is 0 Å². The van der Waals surface area contributed by atoms with Gasteiger partial charge in [-0.1, -0.05) is 19.4 Å². The summed E-state index contributed by atoms with van der Waals surface area (Å²) in [4.78, 5) is 26.8. The number of hydroxylamine groups is 1. The van der Waals surface area contributed by atoms with E-state index in [2.05, 4.69) is 5.48 Å². The minimum Gasteiger partial charge on any atom is -0.273 e. The molecule has 0 saturated carbocycles. The Morgan fingerprint density at radius 1 is 1.50 bits per heavy atom. The first-order valence-electron chi connectivity index (χ1n) is 5.73. The van der Waals surface area contributed by atoms with Crippen LogP contribution in [0.4, 0.5) is 5.69 Å². The lowest BCUT2D eigenvalue weighted by atomic mass is 10.1. The molecule has 1 rings (SSSR count). The highest BCUT2D eigenvalue weighted by Crippen LogP contribution is 2.19. The molecule has 0 unspecified atom stereocenters. The number of aryl methyl sites for hydroxylation is 1. The van der Waals surface area contributed by atoms with Crippen LogP contribution in [0.15, 0.2) is 18.2 Å². The van der Waals surface area contributed by atoms with Crippen molar-refractivity contribution in [2.24, 2.45) is 0 Å². The van der Waals surface area contributed by atoms with Crippen molar-refractivity contribution < 1.29 is 14.6 Å². The van der Waals surface area contributed by atoms with Gasteiger partial charge in [-0.05, 0) is 19.4 Å². The van der Waals surface area contributed by atoms with E-state index in [4.69, 9.17) is 4.84 Å². The van der Waals surface area contributed by atoms with Crippen LogP contribution in [-0.2, 0) is 4.84 Å². The molecule has 1 aromatic carbocycles. The maximum absolute atomic E-state index is 11.6. The van der Waals surface area contributed by atoms with Gasteiger partial charge in [0.1, 0.15) is 0 Å². The Morgan fingerprint density at radius 2 is 2.22 bits per heavy atom. The van der Waals surface area contributed by atoms with Gasteiger partial charge in [0.15, 0.2) is 0 Å². The fourth-order valence-electron chi connectivity index (χ4n) is 1.34. The zero-order valence-corrected chi connectivity index (χ0v) is 10.4. The predicted molar refractivity (Wildman–Crippen MR) is 66.2 cm³/mol. The Bertz CT molecular complexity index is 446. The number of nitrogens with one attached hydrogen (secondary N) is 1. The van der Waals surface area contributed by atoms with Crippen LogP contribution in [0.5, 0.6) is 0 Å². The van der Waals surface area contributed by atoms with Crippen molar-refractivity contribution in [1.29, 1.82) is 0 Å². The summed E-state index contributed by atoms with van der Waals surface area (Å²) in [5.74, 6) is -0.478. The topological polar surface area (TPSA) is 81.5 Å². The molecule has 98 valence electrons. The van der Waals surface area contributed by atoms with Gasteiger partial charge in [-0.25, -0.2) is 5.48 Å². The second-order valence-corrected chi connectivity index (χ2v) is 3.89. The first kappa shape index (κ1) is 14.1. The fraction of sp³-hybridized carbons (Fsp3) is 0.417. The van der Waals surface area contributed by atoms with E-state index in [1.165, 1.54) is 12.1 Å². The number of nitrogens with zero attached hydrogens (tertiary/aromatic N) is 1. The van der Waals surface area contributed by atoms with Crippen molar-refractivity contribution in [1.82, 2.24) is 5.48 Å². The van der Waals surface area contributed by atoms with Crippen molar-refractivity contribution >= 4 is 11.6 Å². The summed E-state index contributed by atoms with van der Waals surface area (Å²) in [6.07, 6.45) is 1.81. The molecule has 1 N–H and O–H groups in total. The van der Waals surface area contributed by atoms with Crippen LogP contribution in [-0.4, -0.2) is 17.4 Å². The van der Waals surface area contributed by atoms with Crippen LogP contribution in [0.25, 0.3) is 0 Å². The molecule has 0 fully saturated rings. The number of benzene rings is 1. The molecule has 18 heavy (non-hydrogen) atoms. The van der Waals surface area contributed by atoms with Crippen molar-refractivity contribution in [2.75, 3.05) is 6.61 Å². The van der Waals surface area contributed by atoms with Gasteiger partial charge >= 0.3 is 0 Å². The Balaban J connectivity index is 2.68. The highest BCUT2D eigenvalue weighted by Gasteiger charge is 2.14. The standard InChI is InChI=1S/C12H16N2O4/c1-3-4-7-18-13-12(15)10-6-5-9(2)11(8-10)14(16)17/h5-6,8H,3-4,7H2,1-2H3,(H,13,15). The summed E-state index contributed by atoms with van der Waals surface area (Å²) < 4.78 is 0. The first-order valence-corrected chi connectivity index (χ1v) is 5.73. The molecule has 0 spiro atoms. The zero-order chi connectivity index (χ0) is 13.5. The van der Waals surface area contributed by atoms with Gasteiger partial charge in [0.25, 0.3) is 11.6 Å². The number of carbonyl (C=O) groups excluding carboxylic acids is 1. The molecule has 0 atom stereocenters. The maximum atomic E-state index is 11.6. The van der Waals surface area contributed by atoms with Crippen molar-refractivity contribution in [3.05, 3.63) is 39.4 Å². The second kappa shape index (κ2) is 6.70. The summed E-state index contributed by atoms with van der Waals surface area (Å²) >= 11 is 0. The molecular formula is C12H16N2O4. The van der Waals surface area contributed by atoms with E-state index in [-0.39, 0.29) is 11.3 Å². The molecule has 1 amide bonds. The Hall–Kier alpha value is -1.95. The number of rotatable bonds is 6. The number of amides is 1. The van der Waals surface area contributed by atoms with E-state index in [0.29, 0.717) is 12.2 Å². The molecule has 0 bridgehead atoms. The van der Waals surface area contributed by atoms with E-state index < -0.39 is 10.8 Å². The lowest BCUT2D eigenvalue weighted by Crippen LogP contribution is -2.24. The van der Waals surface area contributed by atoms with Crippen LogP contribution >= 0.6 is 0 Å². The Labute approximate surface area is 105 Å². The molecule has 1 aromatic rings. The van der Waals surface area contributed by atoms with Crippen molar-refractivity contribution in [3.8, 4) is 0 Å². The summed E-state index contributed by atoms with van der Waals surface area (Å²) in [5, 5.41) is 10.7. The van der Waals surface area contributed by atoms with Gasteiger partial charge in [-0.3, -0.25) is 19.7 Å². The van der Waals surface area contributed by atoms with E-state index in [0.717, 1.165) is 12.8 Å². The van der Waals surface area contributed by atoms with Crippen LogP contribution in [0.3, 0.4) is 0 Å². The van der Waals surface area contributed by atoms with Gasteiger partial charge < -0.3 is 0 Å². The molecule has 0 aliphatic rings. The van der Waals surface area contributed by atoms with E-state index in [1.54, 1.807) is 13.0 Å². The lowest BCUT2D eigenvalue weighted by Gasteiger charge is -2.05. The highest BCUT2D eigenvalue weighted by atomic mass is 16.6. The third-order valence-corrected chi connectivity index (χ3v) is 2.43. The molecule has 0 heterocycles. The fourth-order valence-corrected chi connectivity index (χ4v) is 1.34. The zero-order valence-electron chi connectivity index (χ0n) is 10.4. The third kappa shape index (κ3) is 3.81. The molecule has 0 saturated heterocycles. The first-order chi connectivity index (χ1) is 8.56. The van der Waals surface area contributed by atoms with Crippen molar-refractivity contribution in [3.63, 3.8) is 0 Å². The second-order valence-electron chi connectivity index (χ2n) is 3.89. The summed E-state index contributed by atoms with van der Waals surface area (Å²) in [5.41, 5.74) is 2.91. The van der Waals surface area contributed by atoms with Gasteiger partial charge in [0.2, 0.25) is 0 Å².